The molecule has 0 radical (unpaired) electrons. The van der Waals surface area contributed by atoms with Crippen molar-refractivity contribution in [3.63, 3.8) is 0 Å². The number of thiophene rings is 1. The zero-order valence-corrected chi connectivity index (χ0v) is 17.0. The Morgan fingerprint density at radius 1 is 1.19 bits per heavy atom. The summed E-state index contributed by atoms with van der Waals surface area (Å²) in [6, 6.07) is 6.46. The number of fused-ring (bicyclic) bond motifs is 1. The van der Waals surface area contributed by atoms with Crippen molar-refractivity contribution >= 4 is 44.1 Å². The monoisotopic (exact) mass is 467 g/mol. The number of anilines is 1. The molecule has 0 spiro atoms. The first-order valence-corrected chi connectivity index (χ1v) is 10.4. The van der Waals surface area contributed by atoms with Crippen LogP contribution in [0.1, 0.15) is 12.0 Å². The highest BCUT2D eigenvalue weighted by molar-refractivity contribution is 7.22. The second kappa shape index (κ2) is 8.07. The number of hydrogen-bond donors (Lipinski definition) is 2. The van der Waals surface area contributed by atoms with Gasteiger partial charge >= 0.3 is 6.18 Å². The molecule has 2 N–H and O–H groups in total. The third kappa shape index (κ3) is 4.56. The summed E-state index contributed by atoms with van der Waals surface area (Å²) in [7, 11) is 0. The molecule has 31 heavy (non-hydrogen) atoms. The molecular formula is C18H12F3N5O3S2. The van der Waals surface area contributed by atoms with Crippen LogP contribution in [-0.2, 0) is 17.5 Å². The number of rotatable bonds is 5. The van der Waals surface area contributed by atoms with Crippen molar-refractivity contribution in [3.8, 4) is 10.6 Å². The summed E-state index contributed by atoms with van der Waals surface area (Å²) >= 11 is 1.91. The Morgan fingerprint density at radius 3 is 2.71 bits per heavy atom. The molecule has 0 aliphatic rings. The minimum atomic E-state index is -4.62. The molecule has 4 aromatic rings. The second-order valence-corrected chi connectivity index (χ2v) is 8.25. The van der Waals surface area contributed by atoms with Crippen molar-refractivity contribution in [2.24, 2.45) is 0 Å². The zero-order valence-electron chi connectivity index (χ0n) is 15.4. The van der Waals surface area contributed by atoms with Crippen LogP contribution in [0.2, 0.25) is 0 Å². The van der Waals surface area contributed by atoms with Gasteiger partial charge in [0.05, 0.1) is 27.4 Å². The first-order chi connectivity index (χ1) is 14.7. The molecule has 0 fully saturated rings. The van der Waals surface area contributed by atoms with Gasteiger partial charge in [-0.2, -0.15) is 18.2 Å². The lowest BCUT2D eigenvalue weighted by atomic mass is 10.2. The standard InChI is InChI=1S/C18H12F3N5O3S2/c19-18(20,21)9-8-10(11-2-1-7-30-11)22-16-15(9)31-17(24-16)23-12(27)5-6-26-14(29)4-3-13(28)25-26/h1-4,7-8H,5-6H2,(H,25,28)(H,22,23,24,27). The zero-order chi connectivity index (χ0) is 22.2. The number of carbonyl (C=O) groups is 1. The number of thiazole rings is 1. The SMILES string of the molecule is O=C(CCn1[nH]c(=O)ccc1=O)Nc1nc2nc(-c3cccs3)cc(C(F)(F)F)c2s1. The number of alkyl halides is 3. The molecule has 0 saturated heterocycles. The number of nitrogens with one attached hydrogen (secondary N) is 2. The molecule has 0 aromatic carbocycles. The fourth-order valence-corrected chi connectivity index (χ4v) is 4.39. The van der Waals surface area contributed by atoms with Crippen LogP contribution in [0.25, 0.3) is 20.9 Å². The number of pyridine rings is 1. The number of amides is 1. The first kappa shape index (κ1) is 20.9. The van der Waals surface area contributed by atoms with Gasteiger partial charge in [0, 0.05) is 18.6 Å². The minimum Gasteiger partial charge on any atom is -0.302 e. The second-order valence-electron chi connectivity index (χ2n) is 6.30. The van der Waals surface area contributed by atoms with E-state index in [2.05, 4.69) is 20.4 Å². The van der Waals surface area contributed by atoms with Crippen molar-refractivity contribution in [2.75, 3.05) is 5.32 Å². The highest BCUT2D eigenvalue weighted by Gasteiger charge is 2.35. The van der Waals surface area contributed by atoms with E-state index in [-0.39, 0.29) is 34.1 Å². The van der Waals surface area contributed by atoms with E-state index >= 15 is 0 Å². The molecule has 13 heteroatoms. The molecule has 0 aliphatic heterocycles. The molecule has 0 unspecified atom stereocenters. The Labute approximate surface area is 179 Å². The molecule has 4 rings (SSSR count). The average Bonchev–Trinajstić information content (AvgIpc) is 3.36. The normalized spacial score (nSPS) is 11.7. The first-order valence-electron chi connectivity index (χ1n) is 8.73. The molecule has 1 amide bonds. The fraction of sp³-hybridized carbons (Fsp3) is 0.167. The van der Waals surface area contributed by atoms with E-state index in [0.717, 1.165) is 22.9 Å². The molecule has 0 aliphatic carbocycles. The van der Waals surface area contributed by atoms with Gasteiger partial charge in [0.15, 0.2) is 10.8 Å². The minimum absolute atomic E-state index is 0.0461. The number of aromatic amines is 1. The number of nitrogens with zero attached hydrogens (tertiary/aromatic N) is 3. The molecule has 4 heterocycles. The molecule has 0 saturated carbocycles. The maximum Gasteiger partial charge on any atom is 0.417 e. The predicted octanol–water partition coefficient (Wildman–Crippen LogP) is 3.32. The van der Waals surface area contributed by atoms with Gasteiger partial charge in [0.1, 0.15) is 0 Å². The van der Waals surface area contributed by atoms with E-state index in [1.807, 2.05) is 0 Å². The summed E-state index contributed by atoms with van der Waals surface area (Å²) < 4.78 is 41.6. The summed E-state index contributed by atoms with van der Waals surface area (Å²) in [5.74, 6) is -0.581. The van der Waals surface area contributed by atoms with Gasteiger partial charge in [0.2, 0.25) is 5.91 Å². The third-order valence-corrected chi connectivity index (χ3v) is 6.02. The third-order valence-electron chi connectivity index (χ3n) is 4.14. The average molecular weight is 467 g/mol. The van der Waals surface area contributed by atoms with Gasteiger partial charge in [-0.15, -0.1) is 11.3 Å². The van der Waals surface area contributed by atoms with Crippen LogP contribution in [0, 0.1) is 0 Å². The number of hydrogen-bond acceptors (Lipinski definition) is 7. The van der Waals surface area contributed by atoms with Gasteiger partial charge in [0.25, 0.3) is 11.1 Å². The summed E-state index contributed by atoms with van der Waals surface area (Å²) in [6.45, 7) is -0.111. The summed E-state index contributed by atoms with van der Waals surface area (Å²) in [5.41, 5.74) is -1.86. The predicted molar refractivity (Wildman–Crippen MR) is 110 cm³/mol. The van der Waals surface area contributed by atoms with Crippen LogP contribution in [0.15, 0.2) is 45.3 Å². The van der Waals surface area contributed by atoms with Crippen molar-refractivity contribution in [1.29, 1.82) is 0 Å². The summed E-state index contributed by atoms with van der Waals surface area (Å²) in [5, 5.41) is 6.39. The molecule has 160 valence electrons. The number of H-pyrrole nitrogens is 1. The van der Waals surface area contributed by atoms with Gasteiger partial charge < -0.3 is 5.32 Å². The lowest BCUT2D eigenvalue weighted by molar-refractivity contribution is -0.136. The maximum atomic E-state index is 13.6. The Hall–Kier alpha value is -3.32. The molecule has 0 bridgehead atoms. The number of carbonyl (C=O) groups excluding carboxylic acids is 1. The van der Waals surface area contributed by atoms with Crippen LogP contribution < -0.4 is 16.4 Å². The van der Waals surface area contributed by atoms with Gasteiger partial charge in [-0.3, -0.25) is 19.5 Å². The summed E-state index contributed by atoms with van der Waals surface area (Å²) in [6.07, 6.45) is -4.82. The van der Waals surface area contributed by atoms with E-state index in [1.165, 1.54) is 11.3 Å². The van der Waals surface area contributed by atoms with Gasteiger partial charge in [-0.1, -0.05) is 17.4 Å². The number of aryl methyl sites for hydroxylation is 1. The van der Waals surface area contributed by atoms with Crippen LogP contribution in [0.4, 0.5) is 18.3 Å². The van der Waals surface area contributed by atoms with Crippen molar-refractivity contribution in [2.45, 2.75) is 19.1 Å². The largest absolute Gasteiger partial charge is 0.417 e. The molecule has 4 aromatic heterocycles. The number of aromatic nitrogens is 4. The van der Waals surface area contributed by atoms with E-state index in [4.69, 9.17) is 0 Å². The Kier molecular flexibility index (Phi) is 5.45. The van der Waals surface area contributed by atoms with Crippen LogP contribution in [0.3, 0.4) is 0 Å². The Morgan fingerprint density at radius 2 is 2.00 bits per heavy atom. The topological polar surface area (TPSA) is 110 Å². The lowest BCUT2D eigenvalue weighted by Crippen LogP contribution is -2.29. The van der Waals surface area contributed by atoms with Gasteiger partial charge in [-0.25, -0.2) is 9.67 Å². The van der Waals surface area contributed by atoms with Crippen molar-refractivity contribution in [1.82, 2.24) is 19.7 Å². The maximum absolute atomic E-state index is 13.6. The van der Waals surface area contributed by atoms with Gasteiger partial charge in [-0.05, 0) is 17.5 Å². The van der Waals surface area contributed by atoms with Crippen molar-refractivity contribution in [3.05, 3.63) is 62.0 Å². The molecular weight excluding hydrogens is 455 g/mol. The Bertz CT molecular complexity index is 1370. The van der Waals surface area contributed by atoms with Crippen LogP contribution >= 0.6 is 22.7 Å². The van der Waals surface area contributed by atoms with E-state index in [1.54, 1.807) is 17.5 Å². The lowest BCUT2D eigenvalue weighted by Gasteiger charge is -2.08. The van der Waals surface area contributed by atoms with E-state index < -0.39 is 28.8 Å². The van der Waals surface area contributed by atoms with E-state index in [0.29, 0.717) is 16.2 Å². The Balaban J connectivity index is 1.59. The quantitative estimate of drug-likeness (QED) is 0.468. The number of halogens is 3. The highest BCUT2D eigenvalue weighted by Crippen LogP contribution is 2.40. The van der Waals surface area contributed by atoms with E-state index in [9.17, 15) is 27.6 Å². The summed E-state index contributed by atoms with van der Waals surface area (Å²) in [4.78, 5) is 43.9. The fourth-order valence-electron chi connectivity index (χ4n) is 2.75. The molecule has 8 nitrogen and oxygen atoms in total. The smallest absolute Gasteiger partial charge is 0.302 e. The van der Waals surface area contributed by atoms with Crippen LogP contribution in [-0.4, -0.2) is 25.7 Å². The highest BCUT2D eigenvalue weighted by atomic mass is 32.1. The van der Waals surface area contributed by atoms with Crippen LogP contribution in [0.5, 0.6) is 0 Å². The molecule has 0 atom stereocenters. The van der Waals surface area contributed by atoms with Crippen molar-refractivity contribution < 1.29 is 18.0 Å².